The van der Waals surface area contributed by atoms with E-state index in [0.29, 0.717) is 45.6 Å². The molecule has 0 spiro atoms. The minimum absolute atomic E-state index is 0.0370. The highest BCUT2D eigenvalue weighted by Crippen LogP contribution is 2.40. The van der Waals surface area contributed by atoms with Gasteiger partial charge in [-0.25, -0.2) is 0 Å². The molecule has 7 heteroatoms. The van der Waals surface area contributed by atoms with Crippen LogP contribution in [0.25, 0.3) is 0 Å². The van der Waals surface area contributed by atoms with E-state index in [2.05, 4.69) is 9.64 Å². The number of carboxylic acid groups (broad SMARTS) is 1. The molecule has 7 nitrogen and oxygen atoms in total. The summed E-state index contributed by atoms with van der Waals surface area (Å²) in [5, 5.41) is 8.84. The lowest BCUT2D eigenvalue weighted by Gasteiger charge is -2.34. The average Bonchev–Trinajstić information content (AvgIpc) is 3.25. The fourth-order valence-electron chi connectivity index (χ4n) is 2.52. The van der Waals surface area contributed by atoms with Crippen molar-refractivity contribution in [3.8, 4) is 0 Å². The summed E-state index contributed by atoms with van der Waals surface area (Å²) in [7, 11) is 1.37. The quantitative estimate of drug-likeness (QED) is 0.679. The van der Waals surface area contributed by atoms with Crippen molar-refractivity contribution in [3.05, 3.63) is 0 Å². The fourth-order valence-corrected chi connectivity index (χ4v) is 2.52. The Kier molecular flexibility index (Phi) is 4.59. The van der Waals surface area contributed by atoms with Crippen molar-refractivity contribution in [2.75, 3.05) is 39.8 Å². The van der Waals surface area contributed by atoms with Crippen molar-refractivity contribution in [1.82, 2.24) is 9.80 Å². The fraction of sp³-hybridized carbons (Fsp3) is 0.769. The van der Waals surface area contributed by atoms with Crippen LogP contribution >= 0.6 is 0 Å². The summed E-state index contributed by atoms with van der Waals surface area (Å²) in [6, 6.07) is 0. The second-order valence-corrected chi connectivity index (χ2v) is 5.28. The maximum absolute atomic E-state index is 12.1. The van der Waals surface area contributed by atoms with Gasteiger partial charge in [-0.1, -0.05) is 0 Å². The molecule has 2 aliphatic rings. The summed E-state index contributed by atoms with van der Waals surface area (Å²) in [6.45, 7) is 3.27. The van der Waals surface area contributed by atoms with Crippen molar-refractivity contribution >= 4 is 17.8 Å². The molecule has 1 saturated carbocycles. The second kappa shape index (κ2) is 6.21. The topological polar surface area (TPSA) is 87.2 Å². The Hall–Kier alpha value is -1.63. The number of hydrogen-bond donors (Lipinski definition) is 1. The average molecular weight is 284 g/mol. The zero-order chi connectivity index (χ0) is 14.7. The first kappa shape index (κ1) is 14.8. The maximum Gasteiger partial charge on any atom is 0.307 e. The molecule has 1 heterocycles. The lowest BCUT2D eigenvalue weighted by atomic mass is 10.2. The third-order valence-electron chi connectivity index (χ3n) is 3.97. The van der Waals surface area contributed by atoms with E-state index in [1.54, 1.807) is 4.90 Å². The number of aliphatic carboxylic acids is 1. The Morgan fingerprint density at radius 3 is 2.30 bits per heavy atom. The largest absolute Gasteiger partial charge is 0.481 e. The van der Waals surface area contributed by atoms with Crippen LogP contribution in [0.4, 0.5) is 0 Å². The zero-order valence-corrected chi connectivity index (χ0v) is 11.6. The molecule has 0 unspecified atom stereocenters. The van der Waals surface area contributed by atoms with E-state index in [1.165, 1.54) is 7.11 Å². The summed E-state index contributed by atoms with van der Waals surface area (Å²) < 4.78 is 4.59. The molecule has 1 aliphatic heterocycles. The predicted molar refractivity (Wildman–Crippen MR) is 68.9 cm³/mol. The molecule has 1 N–H and O–H groups in total. The lowest BCUT2D eigenvalue weighted by molar-refractivity contribution is -0.142. The number of methoxy groups -OCH3 is 1. The second-order valence-electron chi connectivity index (χ2n) is 5.28. The van der Waals surface area contributed by atoms with Crippen LogP contribution in [0, 0.1) is 11.8 Å². The Labute approximate surface area is 117 Å². The minimum Gasteiger partial charge on any atom is -0.481 e. The molecule has 0 bridgehead atoms. The van der Waals surface area contributed by atoms with Crippen LogP contribution in [-0.4, -0.2) is 72.6 Å². The van der Waals surface area contributed by atoms with E-state index >= 15 is 0 Å². The molecule has 2 rings (SSSR count). The van der Waals surface area contributed by atoms with Crippen LogP contribution in [-0.2, 0) is 19.1 Å². The molecule has 2 atom stereocenters. The number of esters is 1. The van der Waals surface area contributed by atoms with Crippen LogP contribution in [0.15, 0.2) is 0 Å². The highest BCUT2D eigenvalue weighted by Gasteiger charge is 2.49. The molecule has 1 amide bonds. The van der Waals surface area contributed by atoms with Crippen LogP contribution in [0.5, 0.6) is 0 Å². The summed E-state index contributed by atoms with van der Waals surface area (Å²) in [4.78, 5) is 37.7. The van der Waals surface area contributed by atoms with E-state index in [0.717, 1.165) is 0 Å². The normalized spacial score (nSPS) is 26.1. The van der Waals surface area contributed by atoms with Crippen molar-refractivity contribution < 1.29 is 24.2 Å². The number of ether oxygens (including phenoxy) is 1. The van der Waals surface area contributed by atoms with Crippen molar-refractivity contribution in [3.63, 3.8) is 0 Å². The molecular formula is C13H20N2O5. The first-order valence-corrected chi connectivity index (χ1v) is 6.83. The highest BCUT2D eigenvalue weighted by molar-refractivity contribution is 5.89. The number of carbonyl (C=O) groups excluding carboxylic acids is 2. The summed E-state index contributed by atoms with van der Waals surface area (Å²) in [5.41, 5.74) is 0. The molecule has 0 aromatic heterocycles. The molecule has 20 heavy (non-hydrogen) atoms. The number of hydrogen-bond acceptors (Lipinski definition) is 5. The smallest absolute Gasteiger partial charge is 0.307 e. The van der Waals surface area contributed by atoms with Crippen LogP contribution in [0.1, 0.15) is 12.8 Å². The number of piperazine rings is 1. The van der Waals surface area contributed by atoms with Gasteiger partial charge in [0.05, 0.1) is 25.4 Å². The van der Waals surface area contributed by atoms with Crippen LogP contribution in [0.3, 0.4) is 0 Å². The van der Waals surface area contributed by atoms with Gasteiger partial charge in [0.25, 0.3) is 0 Å². The van der Waals surface area contributed by atoms with Gasteiger partial charge in [-0.05, 0) is 6.42 Å². The summed E-state index contributed by atoms with van der Waals surface area (Å²) in [5.74, 6) is -1.95. The van der Waals surface area contributed by atoms with Gasteiger partial charge in [-0.2, -0.15) is 0 Å². The molecule has 0 radical (unpaired) electrons. The number of carbonyl (C=O) groups is 3. The van der Waals surface area contributed by atoms with E-state index in [-0.39, 0.29) is 17.8 Å². The Morgan fingerprint density at radius 2 is 1.80 bits per heavy atom. The third-order valence-corrected chi connectivity index (χ3v) is 3.97. The Balaban J connectivity index is 1.70. The van der Waals surface area contributed by atoms with Crippen molar-refractivity contribution in [2.24, 2.45) is 11.8 Å². The van der Waals surface area contributed by atoms with Gasteiger partial charge in [0.15, 0.2) is 0 Å². The third kappa shape index (κ3) is 3.47. The summed E-state index contributed by atoms with van der Waals surface area (Å²) >= 11 is 0. The number of carboxylic acids is 1. The Bertz CT molecular complexity index is 404. The number of nitrogens with zero attached hydrogens (tertiary/aromatic N) is 2. The molecular weight excluding hydrogens is 264 g/mol. The van der Waals surface area contributed by atoms with E-state index < -0.39 is 11.9 Å². The molecule has 0 aromatic carbocycles. The lowest BCUT2D eigenvalue weighted by Crippen LogP contribution is -2.49. The summed E-state index contributed by atoms with van der Waals surface area (Å²) in [6.07, 6.45) is 0.824. The molecule has 0 aromatic rings. The first-order chi connectivity index (χ1) is 9.52. The molecule has 1 saturated heterocycles. The molecule has 1 aliphatic carbocycles. The van der Waals surface area contributed by atoms with E-state index in [1.807, 2.05) is 0 Å². The predicted octanol–water partition coefficient (Wildman–Crippen LogP) is -0.586. The van der Waals surface area contributed by atoms with Crippen LogP contribution in [0.2, 0.25) is 0 Å². The maximum atomic E-state index is 12.1. The van der Waals surface area contributed by atoms with E-state index in [9.17, 15) is 14.4 Å². The van der Waals surface area contributed by atoms with Gasteiger partial charge in [-0.3, -0.25) is 19.3 Å². The minimum atomic E-state index is -0.875. The number of amides is 1. The van der Waals surface area contributed by atoms with Crippen LogP contribution < -0.4 is 0 Å². The monoisotopic (exact) mass is 284 g/mol. The standard InChI is InChI=1S/C13H20N2O5/c1-20-11(16)2-3-14-4-6-15(7-5-14)12(17)9-8-10(9)13(18)19/h9-10H,2-8H2,1H3,(H,18,19)/t9-,10+/m1/s1. The highest BCUT2D eigenvalue weighted by atomic mass is 16.5. The van der Waals surface area contributed by atoms with Crippen molar-refractivity contribution in [1.29, 1.82) is 0 Å². The van der Waals surface area contributed by atoms with Gasteiger partial charge in [0.2, 0.25) is 5.91 Å². The molecule has 112 valence electrons. The van der Waals surface area contributed by atoms with Crippen molar-refractivity contribution in [2.45, 2.75) is 12.8 Å². The SMILES string of the molecule is COC(=O)CCN1CCN(C(=O)[C@@H]2C[C@@H]2C(=O)O)CC1. The van der Waals surface area contributed by atoms with Gasteiger partial charge in [0, 0.05) is 32.7 Å². The first-order valence-electron chi connectivity index (χ1n) is 6.83. The van der Waals surface area contributed by atoms with Gasteiger partial charge < -0.3 is 14.7 Å². The zero-order valence-electron chi connectivity index (χ0n) is 11.6. The van der Waals surface area contributed by atoms with Gasteiger partial charge in [-0.15, -0.1) is 0 Å². The van der Waals surface area contributed by atoms with Gasteiger partial charge >= 0.3 is 11.9 Å². The van der Waals surface area contributed by atoms with Gasteiger partial charge in [0.1, 0.15) is 0 Å². The number of rotatable bonds is 5. The molecule has 2 fully saturated rings. The Morgan fingerprint density at radius 1 is 1.15 bits per heavy atom. The van der Waals surface area contributed by atoms with E-state index in [4.69, 9.17) is 5.11 Å².